The first-order valence-electron chi connectivity index (χ1n) is 8.67. The summed E-state index contributed by atoms with van der Waals surface area (Å²) >= 11 is 0. The van der Waals surface area contributed by atoms with Crippen LogP contribution in [-0.4, -0.2) is 35.2 Å². The Hall–Kier alpha value is -2.47. The van der Waals surface area contributed by atoms with Crippen LogP contribution in [0.1, 0.15) is 36.9 Å². The molecular weight excluding hydrogens is 340 g/mol. The summed E-state index contributed by atoms with van der Waals surface area (Å²) < 4.78 is 33.3. The lowest BCUT2D eigenvalue weighted by Gasteiger charge is -2.32. The number of carbonyl (C=O) groups is 1. The summed E-state index contributed by atoms with van der Waals surface area (Å²) in [5.74, 6) is -1.58. The topological polar surface area (TPSA) is 49.8 Å². The Morgan fingerprint density at radius 3 is 2.62 bits per heavy atom. The minimum atomic E-state index is -0.930. The third-order valence-electron chi connectivity index (χ3n) is 4.67. The van der Waals surface area contributed by atoms with Gasteiger partial charge in [-0.2, -0.15) is 0 Å². The van der Waals surface area contributed by atoms with E-state index in [1.165, 1.54) is 12.1 Å². The normalized spacial score (nSPS) is 18.7. The van der Waals surface area contributed by atoms with Crippen molar-refractivity contribution in [2.75, 3.05) is 13.2 Å². The Bertz CT molecular complexity index is 779. The largest absolute Gasteiger partial charge is 0.494 e. The molecule has 3 rings (SSSR count). The molecule has 0 aromatic heterocycles. The number of rotatable bonds is 6. The minimum Gasteiger partial charge on any atom is -0.494 e. The fraction of sp³-hybridized carbons (Fsp3) is 0.350. The first-order valence-corrected chi connectivity index (χ1v) is 8.67. The molecular formula is C20H21F2NO3. The van der Waals surface area contributed by atoms with Crippen molar-refractivity contribution in [3.63, 3.8) is 0 Å². The summed E-state index contributed by atoms with van der Waals surface area (Å²) in [4.78, 5) is 13.4. The number of likely N-dealkylation sites (tertiary alicyclic amines) is 1. The van der Waals surface area contributed by atoms with Gasteiger partial charge in [0.2, 0.25) is 0 Å². The molecule has 0 saturated carbocycles. The van der Waals surface area contributed by atoms with Gasteiger partial charge < -0.3 is 9.84 Å². The van der Waals surface area contributed by atoms with E-state index in [1.807, 2.05) is 6.92 Å². The molecule has 6 heteroatoms. The van der Waals surface area contributed by atoms with E-state index in [1.54, 1.807) is 29.2 Å². The van der Waals surface area contributed by atoms with Crippen LogP contribution in [0.5, 0.6) is 5.75 Å². The quantitative estimate of drug-likeness (QED) is 0.845. The number of halogens is 2. The van der Waals surface area contributed by atoms with Crippen LogP contribution in [0.15, 0.2) is 42.5 Å². The first kappa shape index (κ1) is 18.3. The molecule has 1 N–H and O–H groups in total. The number of carboxylic acids is 1. The van der Waals surface area contributed by atoms with Crippen molar-refractivity contribution in [1.29, 1.82) is 0 Å². The summed E-state index contributed by atoms with van der Waals surface area (Å²) in [7, 11) is 0. The number of hydrogen-bond acceptors (Lipinski definition) is 3. The van der Waals surface area contributed by atoms with Crippen LogP contribution in [0, 0.1) is 11.6 Å². The molecule has 0 aliphatic carbocycles. The maximum Gasteiger partial charge on any atom is 0.320 e. The van der Waals surface area contributed by atoms with E-state index in [-0.39, 0.29) is 5.56 Å². The molecule has 138 valence electrons. The molecule has 26 heavy (non-hydrogen) atoms. The smallest absolute Gasteiger partial charge is 0.320 e. The van der Waals surface area contributed by atoms with Gasteiger partial charge in [-0.05, 0) is 43.5 Å². The van der Waals surface area contributed by atoms with E-state index >= 15 is 0 Å². The maximum atomic E-state index is 14.5. The van der Waals surface area contributed by atoms with Gasteiger partial charge in [0.05, 0.1) is 12.6 Å². The Kier molecular flexibility index (Phi) is 5.52. The van der Waals surface area contributed by atoms with Crippen LogP contribution in [0.3, 0.4) is 0 Å². The van der Waals surface area contributed by atoms with E-state index in [0.29, 0.717) is 31.7 Å². The molecule has 2 aromatic rings. The summed E-state index contributed by atoms with van der Waals surface area (Å²) in [5, 5.41) is 9.54. The van der Waals surface area contributed by atoms with Gasteiger partial charge in [0, 0.05) is 18.2 Å². The molecule has 1 aliphatic rings. The van der Waals surface area contributed by atoms with Gasteiger partial charge in [-0.3, -0.25) is 9.69 Å². The Morgan fingerprint density at radius 1 is 1.27 bits per heavy atom. The van der Waals surface area contributed by atoms with Crippen LogP contribution in [0.2, 0.25) is 0 Å². The van der Waals surface area contributed by atoms with Gasteiger partial charge in [-0.15, -0.1) is 0 Å². The molecule has 1 heterocycles. The Balaban J connectivity index is 2.05. The molecule has 4 nitrogen and oxygen atoms in total. The molecule has 0 amide bonds. The molecule has 2 atom stereocenters. The fourth-order valence-electron chi connectivity index (χ4n) is 3.55. The van der Waals surface area contributed by atoms with Crippen LogP contribution >= 0.6 is 0 Å². The van der Waals surface area contributed by atoms with Crippen LogP contribution in [0.4, 0.5) is 8.78 Å². The van der Waals surface area contributed by atoms with Gasteiger partial charge in [-0.25, -0.2) is 8.78 Å². The number of hydrogen-bond donors (Lipinski definition) is 1. The number of carboxylic acid groups (broad SMARTS) is 1. The minimum absolute atomic E-state index is 0.267. The van der Waals surface area contributed by atoms with Gasteiger partial charge in [-0.1, -0.05) is 18.2 Å². The van der Waals surface area contributed by atoms with Crippen LogP contribution < -0.4 is 4.74 Å². The lowest BCUT2D eigenvalue weighted by atomic mass is 9.95. The molecule has 0 spiro atoms. The second-order valence-corrected chi connectivity index (χ2v) is 6.30. The van der Waals surface area contributed by atoms with Crippen molar-refractivity contribution >= 4 is 5.97 Å². The van der Waals surface area contributed by atoms with Gasteiger partial charge in [0.25, 0.3) is 0 Å². The van der Waals surface area contributed by atoms with Crippen molar-refractivity contribution in [3.8, 4) is 5.75 Å². The molecule has 2 unspecified atom stereocenters. The zero-order chi connectivity index (χ0) is 18.7. The van der Waals surface area contributed by atoms with Crippen molar-refractivity contribution < 1.29 is 23.4 Å². The first-order chi connectivity index (χ1) is 12.5. The summed E-state index contributed by atoms with van der Waals surface area (Å²) in [6.45, 7) is 2.94. The lowest BCUT2D eigenvalue weighted by Crippen LogP contribution is -2.39. The zero-order valence-corrected chi connectivity index (χ0v) is 14.5. The highest BCUT2D eigenvalue weighted by atomic mass is 19.1. The second kappa shape index (κ2) is 7.83. The van der Waals surface area contributed by atoms with Crippen molar-refractivity contribution in [1.82, 2.24) is 4.90 Å². The van der Waals surface area contributed by atoms with Crippen molar-refractivity contribution in [3.05, 3.63) is 65.2 Å². The number of benzene rings is 2. The average molecular weight is 361 g/mol. The van der Waals surface area contributed by atoms with Gasteiger partial charge in [0.15, 0.2) is 0 Å². The fourth-order valence-corrected chi connectivity index (χ4v) is 3.55. The highest BCUT2D eigenvalue weighted by Gasteiger charge is 2.37. The monoisotopic (exact) mass is 361 g/mol. The maximum absolute atomic E-state index is 14.5. The van der Waals surface area contributed by atoms with Crippen LogP contribution in [0.25, 0.3) is 0 Å². The molecule has 2 aromatic carbocycles. The van der Waals surface area contributed by atoms with Crippen LogP contribution in [-0.2, 0) is 4.79 Å². The summed E-state index contributed by atoms with van der Waals surface area (Å²) in [6.07, 6.45) is 1.22. The third-order valence-corrected chi connectivity index (χ3v) is 4.67. The molecule has 1 aliphatic heterocycles. The molecule has 1 fully saturated rings. The molecule has 0 bridgehead atoms. The van der Waals surface area contributed by atoms with Crippen molar-refractivity contribution in [2.24, 2.45) is 0 Å². The predicted octanol–water partition coefficient (Wildman–Crippen LogP) is 4.00. The highest BCUT2D eigenvalue weighted by Crippen LogP contribution is 2.36. The lowest BCUT2D eigenvalue weighted by molar-refractivity contribution is -0.142. The molecule has 1 saturated heterocycles. The van der Waals surface area contributed by atoms with E-state index < -0.39 is 29.7 Å². The summed E-state index contributed by atoms with van der Waals surface area (Å²) in [5.41, 5.74) is 1.01. The van der Waals surface area contributed by atoms with E-state index in [2.05, 4.69) is 0 Å². The summed E-state index contributed by atoms with van der Waals surface area (Å²) in [6, 6.07) is 9.28. The van der Waals surface area contributed by atoms with E-state index in [4.69, 9.17) is 4.74 Å². The standard InChI is InChI=1S/C20H21F2NO3/c1-2-26-15-8-5-13(6-9-15)19(16-10-7-14(21)12-17(16)22)23-11-3-4-18(23)20(24)25/h5-10,12,18-19H,2-4,11H2,1H3,(H,24,25). The predicted molar refractivity (Wildman–Crippen MR) is 93.2 cm³/mol. The second-order valence-electron chi connectivity index (χ2n) is 6.30. The average Bonchev–Trinajstić information content (AvgIpc) is 3.08. The van der Waals surface area contributed by atoms with Gasteiger partial charge >= 0.3 is 5.97 Å². The third kappa shape index (κ3) is 3.70. The van der Waals surface area contributed by atoms with Crippen molar-refractivity contribution in [2.45, 2.75) is 31.8 Å². The molecule has 0 radical (unpaired) electrons. The Morgan fingerprint density at radius 2 is 2.00 bits per heavy atom. The number of ether oxygens (including phenoxy) is 1. The number of aliphatic carboxylic acids is 1. The zero-order valence-electron chi connectivity index (χ0n) is 14.5. The highest BCUT2D eigenvalue weighted by molar-refractivity contribution is 5.74. The number of nitrogens with zero attached hydrogens (tertiary/aromatic N) is 1. The van der Waals surface area contributed by atoms with E-state index in [9.17, 15) is 18.7 Å². The van der Waals surface area contributed by atoms with Gasteiger partial charge in [0.1, 0.15) is 23.4 Å². The SMILES string of the molecule is CCOc1ccc(C(c2ccc(F)cc2F)N2CCCC2C(=O)O)cc1. The Labute approximate surface area is 151 Å². The van der Waals surface area contributed by atoms with E-state index in [0.717, 1.165) is 11.6 Å².